The van der Waals surface area contributed by atoms with Gasteiger partial charge < -0.3 is 29.5 Å². The molecule has 0 spiro atoms. The monoisotopic (exact) mass is 516 g/mol. The normalized spacial score (nSPS) is 16.3. The molecular weight excluding hydrogens is 487 g/mol. The molecule has 1 aromatic carbocycles. The van der Waals surface area contributed by atoms with Crippen molar-refractivity contribution in [3.8, 4) is 11.5 Å². The Morgan fingerprint density at radius 2 is 2.00 bits per heavy atom. The molecule has 1 aliphatic heterocycles. The topological polar surface area (TPSA) is 97.0 Å². The van der Waals surface area contributed by atoms with Crippen LogP contribution in [0.4, 0.5) is 5.69 Å². The lowest BCUT2D eigenvalue weighted by Gasteiger charge is -2.21. The molecule has 1 aliphatic rings. The molecule has 2 N–H and O–H groups in total. The van der Waals surface area contributed by atoms with Crippen molar-refractivity contribution >= 4 is 35.6 Å². The van der Waals surface area contributed by atoms with Gasteiger partial charge in [-0.15, -0.1) is 24.0 Å². The number of hydrogen-bond acceptors (Lipinski definition) is 7. The Hall–Kier alpha value is -2.24. The zero-order chi connectivity index (χ0) is 19.9. The molecule has 2 aromatic rings. The molecular formula is C19H29IN6O3. The highest BCUT2D eigenvalue weighted by Gasteiger charge is 2.24. The number of nitrogens with zero attached hydrogens (tertiary/aromatic N) is 4. The Labute approximate surface area is 188 Å². The third kappa shape index (κ3) is 6.38. The lowest BCUT2D eigenvalue weighted by atomic mass is 10.2. The zero-order valence-corrected chi connectivity index (χ0v) is 19.6. The fourth-order valence-corrected chi connectivity index (χ4v) is 3.15. The number of halogens is 1. The number of rotatable bonds is 7. The number of nitrogens with one attached hydrogen (secondary N) is 2. The van der Waals surface area contributed by atoms with Crippen molar-refractivity contribution in [3.63, 3.8) is 0 Å². The van der Waals surface area contributed by atoms with Crippen molar-refractivity contribution < 1.29 is 14.0 Å². The molecule has 0 radical (unpaired) electrons. The standard InChI is InChI=1S/C19H28N6O3.HI/c1-5-20-19(21-11-18-22-13(2)24-28-18)23-14-6-7-25(12-14)15-8-16(26-3)10-17(9-15)27-4;/h8-10,14H,5-7,11-12H2,1-4H3,(H2,20,21,23);1H. The van der Waals surface area contributed by atoms with Crippen LogP contribution in [0.1, 0.15) is 25.1 Å². The van der Waals surface area contributed by atoms with E-state index in [9.17, 15) is 0 Å². The second-order valence-corrected chi connectivity index (χ2v) is 6.58. The van der Waals surface area contributed by atoms with E-state index in [0.717, 1.165) is 49.2 Å². The first-order valence-corrected chi connectivity index (χ1v) is 9.43. The van der Waals surface area contributed by atoms with Gasteiger partial charge in [0.1, 0.15) is 18.0 Å². The number of anilines is 1. The predicted octanol–water partition coefficient (Wildman–Crippen LogP) is 2.35. The van der Waals surface area contributed by atoms with E-state index in [2.05, 4.69) is 30.7 Å². The molecule has 10 heteroatoms. The summed E-state index contributed by atoms with van der Waals surface area (Å²) in [6, 6.07) is 6.22. The zero-order valence-electron chi connectivity index (χ0n) is 17.3. The summed E-state index contributed by atoms with van der Waals surface area (Å²) in [7, 11) is 3.33. The van der Waals surface area contributed by atoms with Crippen LogP contribution in [0.25, 0.3) is 0 Å². The third-order valence-electron chi connectivity index (χ3n) is 4.52. The van der Waals surface area contributed by atoms with Crippen molar-refractivity contribution in [1.29, 1.82) is 0 Å². The van der Waals surface area contributed by atoms with E-state index >= 15 is 0 Å². The Morgan fingerprint density at radius 3 is 2.59 bits per heavy atom. The minimum Gasteiger partial charge on any atom is -0.497 e. The van der Waals surface area contributed by atoms with E-state index < -0.39 is 0 Å². The van der Waals surface area contributed by atoms with E-state index in [1.807, 2.05) is 25.1 Å². The van der Waals surface area contributed by atoms with Crippen molar-refractivity contribution in [2.24, 2.45) is 4.99 Å². The van der Waals surface area contributed by atoms with Crippen molar-refractivity contribution in [2.45, 2.75) is 32.9 Å². The van der Waals surface area contributed by atoms with Crippen LogP contribution in [-0.4, -0.2) is 56.0 Å². The summed E-state index contributed by atoms with van der Waals surface area (Å²) in [4.78, 5) is 11.1. The van der Waals surface area contributed by atoms with Crippen LogP contribution in [-0.2, 0) is 6.54 Å². The van der Waals surface area contributed by atoms with Gasteiger partial charge in [-0.1, -0.05) is 5.16 Å². The van der Waals surface area contributed by atoms with Crippen molar-refractivity contribution in [3.05, 3.63) is 29.9 Å². The van der Waals surface area contributed by atoms with Gasteiger partial charge in [0.15, 0.2) is 11.8 Å². The quantitative estimate of drug-likeness (QED) is 0.329. The van der Waals surface area contributed by atoms with E-state index in [-0.39, 0.29) is 30.0 Å². The van der Waals surface area contributed by atoms with E-state index in [1.165, 1.54) is 0 Å². The number of benzene rings is 1. The molecule has 0 saturated carbocycles. The van der Waals surface area contributed by atoms with Gasteiger partial charge in [0.05, 0.1) is 14.2 Å². The van der Waals surface area contributed by atoms with Gasteiger partial charge in [0.2, 0.25) is 5.89 Å². The van der Waals surface area contributed by atoms with Gasteiger partial charge in [-0.05, 0) is 20.3 Å². The summed E-state index contributed by atoms with van der Waals surface area (Å²) in [5.41, 5.74) is 1.09. The Kier molecular flexibility index (Phi) is 8.80. The second-order valence-electron chi connectivity index (χ2n) is 6.58. The summed E-state index contributed by atoms with van der Waals surface area (Å²) in [6.45, 7) is 6.76. The molecule has 1 aromatic heterocycles. The minimum atomic E-state index is 0. The first kappa shape index (κ1) is 23.0. The lowest BCUT2D eigenvalue weighted by molar-refractivity contribution is 0.376. The number of guanidine groups is 1. The molecule has 0 amide bonds. The molecule has 1 unspecified atom stereocenters. The highest BCUT2D eigenvalue weighted by atomic mass is 127. The number of hydrogen-bond donors (Lipinski definition) is 2. The molecule has 1 fully saturated rings. The van der Waals surface area contributed by atoms with Crippen LogP contribution < -0.4 is 25.0 Å². The second kappa shape index (κ2) is 11.1. The smallest absolute Gasteiger partial charge is 0.248 e. The van der Waals surface area contributed by atoms with Crippen molar-refractivity contribution in [1.82, 2.24) is 20.8 Å². The van der Waals surface area contributed by atoms with Gasteiger partial charge in [0.25, 0.3) is 0 Å². The van der Waals surface area contributed by atoms with E-state index in [4.69, 9.17) is 14.0 Å². The predicted molar refractivity (Wildman–Crippen MR) is 123 cm³/mol. The molecule has 29 heavy (non-hydrogen) atoms. The SMILES string of the molecule is CCNC(=NCc1nc(C)no1)NC1CCN(c2cc(OC)cc(OC)c2)C1.I. The fourth-order valence-electron chi connectivity index (χ4n) is 3.15. The summed E-state index contributed by atoms with van der Waals surface area (Å²) >= 11 is 0. The number of aromatic nitrogens is 2. The highest BCUT2D eigenvalue weighted by molar-refractivity contribution is 14.0. The number of aliphatic imine (C=N–C) groups is 1. The first-order valence-electron chi connectivity index (χ1n) is 9.43. The highest BCUT2D eigenvalue weighted by Crippen LogP contribution is 2.30. The van der Waals surface area contributed by atoms with E-state index in [1.54, 1.807) is 21.1 Å². The summed E-state index contributed by atoms with van der Waals surface area (Å²) in [6.07, 6.45) is 1.00. The van der Waals surface area contributed by atoms with Gasteiger partial charge >= 0.3 is 0 Å². The van der Waals surface area contributed by atoms with Crippen LogP contribution in [0.2, 0.25) is 0 Å². The van der Waals surface area contributed by atoms with Gasteiger partial charge in [-0.2, -0.15) is 4.98 Å². The number of ether oxygens (including phenoxy) is 2. The van der Waals surface area contributed by atoms with Gasteiger partial charge in [-0.25, -0.2) is 4.99 Å². The number of methoxy groups -OCH3 is 2. The Balaban J connectivity index is 0.00000300. The summed E-state index contributed by atoms with van der Waals surface area (Å²) in [5, 5.41) is 10.6. The Bertz CT molecular complexity index is 791. The number of aryl methyl sites for hydroxylation is 1. The first-order chi connectivity index (χ1) is 13.6. The average molecular weight is 516 g/mol. The molecule has 1 atom stereocenters. The minimum absolute atomic E-state index is 0. The third-order valence-corrected chi connectivity index (χ3v) is 4.52. The van der Waals surface area contributed by atoms with Crippen LogP contribution in [0.5, 0.6) is 11.5 Å². The van der Waals surface area contributed by atoms with Crippen LogP contribution in [0.3, 0.4) is 0 Å². The maximum absolute atomic E-state index is 5.38. The summed E-state index contributed by atoms with van der Waals surface area (Å²) in [5.74, 6) is 3.44. The molecule has 0 aliphatic carbocycles. The lowest BCUT2D eigenvalue weighted by Crippen LogP contribution is -2.44. The maximum Gasteiger partial charge on any atom is 0.248 e. The van der Waals surface area contributed by atoms with Crippen LogP contribution in [0, 0.1) is 6.92 Å². The Morgan fingerprint density at radius 1 is 1.28 bits per heavy atom. The van der Waals surface area contributed by atoms with Crippen LogP contribution >= 0.6 is 24.0 Å². The molecule has 3 rings (SSSR count). The average Bonchev–Trinajstić information content (AvgIpc) is 3.34. The summed E-state index contributed by atoms with van der Waals surface area (Å²) < 4.78 is 15.9. The van der Waals surface area contributed by atoms with Crippen LogP contribution in [0.15, 0.2) is 27.7 Å². The largest absolute Gasteiger partial charge is 0.497 e. The molecule has 0 bridgehead atoms. The van der Waals surface area contributed by atoms with Crippen molar-refractivity contribution in [2.75, 3.05) is 38.8 Å². The van der Waals surface area contributed by atoms with Gasteiger partial charge in [-0.3, -0.25) is 0 Å². The maximum atomic E-state index is 5.38. The van der Waals surface area contributed by atoms with Gasteiger partial charge in [0, 0.05) is 49.6 Å². The fraction of sp³-hybridized carbons (Fsp3) is 0.526. The molecule has 9 nitrogen and oxygen atoms in total. The van der Waals surface area contributed by atoms with E-state index in [0.29, 0.717) is 18.3 Å². The molecule has 1 saturated heterocycles. The molecule has 2 heterocycles. The molecule has 160 valence electrons.